The van der Waals surface area contributed by atoms with E-state index in [9.17, 15) is 24.3 Å². The quantitative estimate of drug-likeness (QED) is 0.551. The molecule has 9 nitrogen and oxygen atoms in total. The SMILES string of the molecule is CC1=C(C(=O)O)N2C(=O)CC2SC1Sc1nc(=O)c(=O)[nH]n1C. The van der Waals surface area contributed by atoms with Crippen LogP contribution in [0.1, 0.15) is 13.3 Å². The molecule has 0 saturated carbocycles. The Labute approximate surface area is 137 Å². The third kappa shape index (κ3) is 2.59. The maximum Gasteiger partial charge on any atom is 0.352 e. The number of nitrogens with zero attached hydrogens (tertiary/aromatic N) is 3. The number of aryl methyl sites for hydroxylation is 1. The summed E-state index contributed by atoms with van der Waals surface area (Å²) in [4.78, 5) is 50.8. The molecule has 2 aliphatic heterocycles. The summed E-state index contributed by atoms with van der Waals surface area (Å²) in [6.07, 6.45) is 0.282. The average Bonchev–Trinajstić information content (AvgIpc) is 2.46. The van der Waals surface area contributed by atoms with Crippen LogP contribution in [0.15, 0.2) is 26.0 Å². The molecule has 3 rings (SSSR count). The van der Waals surface area contributed by atoms with Crippen LogP contribution in [0.2, 0.25) is 0 Å². The molecule has 0 radical (unpaired) electrons. The van der Waals surface area contributed by atoms with Gasteiger partial charge in [0.05, 0.1) is 16.4 Å². The number of H-pyrrole nitrogens is 1. The maximum atomic E-state index is 11.6. The number of hydrogen-bond acceptors (Lipinski definition) is 7. The Morgan fingerprint density at radius 3 is 2.74 bits per heavy atom. The minimum Gasteiger partial charge on any atom is -0.477 e. The van der Waals surface area contributed by atoms with Crippen LogP contribution in [-0.4, -0.2) is 46.6 Å². The first kappa shape index (κ1) is 15.9. The van der Waals surface area contributed by atoms with Gasteiger partial charge in [-0.2, -0.15) is 4.98 Å². The first-order valence-electron chi connectivity index (χ1n) is 6.55. The van der Waals surface area contributed by atoms with Gasteiger partial charge < -0.3 is 5.11 Å². The molecule has 0 spiro atoms. The summed E-state index contributed by atoms with van der Waals surface area (Å²) in [5.74, 6) is -1.37. The second kappa shape index (κ2) is 5.57. The fourth-order valence-corrected chi connectivity index (χ4v) is 5.23. The van der Waals surface area contributed by atoms with Crippen molar-refractivity contribution in [2.45, 2.75) is 28.5 Å². The van der Waals surface area contributed by atoms with Gasteiger partial charge in [-0.05, 0) is 12.5 Å². The van der Waals surface area contributed by atoms with E-state index in [4.69, 9.17) is 0 Å². The number of rotatable bonds is 3. The third-order valence-electron chi connectivity index (χ3n) is 3.52. The number of carbonyl (C=O) groups is 2. The molecular formula is C12H12N4O5S2. The summed E-state index contributed by atoms with van der Waals surface area (Å²) in [6, 6.07) is 0. The fraction of sp³-hybridized carbons (Fsp3) is 0.417. The van der Waals surface area contributed by atoms with Crippen molar-refractivity contribution < 1.29 is 14.7 Å². The van der Waals surface area contributed by atoms with E-state index in [0.29, 0.717) is 5.57 Å². The zero-order chi connectivity index (χ0) is 16.9. The van der Waals surface area contributed by atoms with Crippen molar-refractivity contribution in [1.29, 1.82) is 0 Å². The minimum absolute atomic E-state index is 0.0167. The molecule has 2 atom stereocenters. The molecule has 1 saturated heterocycles. The molecule has 0 aromatic carbocycles. The lowest BCUT2D eigenvalue weighted by Gasteiger charge is -2.45. The summed E-state index contributed by atoms with van der Waals surface area (Å²) in [6.45, 7) is 1.64. The first-order chi connectivity index (χ1) is 10.8. The number of carboxylic acids is 1. The Balaban J connectivity index is 1.98. The van der Waals surface area contributed by atoms with Crippen molar-refractivity contribution in [3.05, 3.63) is 32.0 Å². The molecule has 1 amide bonds. The number of fused-ring (bicyclic) bond motifs is 1. The van der Waals surface area contributed by atoms with Gasteiger partial charge >= 0.3 is 17.1 Å². The van der Waals surface area contributed by atoms with Gasteiger partial charge in [-0.15, -0.1) is 11.8 Å². The lowest BCUT2D eigenvalue weighted by atomic mass is 10.1. The van der Waals surface area contributed by atoms with Crippen molar-refractivity contribution in [1.82, 2.24) is 19.7 Å². The van der Waals surface area contributed by atoms with Gasteiger partial charge in [0.15, 0.2) is 5.16 Å². The normalized spacial score (nSPS) is 23.6. The molecule has 11 heteroatoms. The topological polar surface area (TPSA) is 125 Å². The number of aromatic amines is 1. The predicted molar refractivity (Wildman–Crippen MR) is 82.9 cm³/mol. The Bertz CT molecular complexity index is 858. The summed E-state index contributed by atoms with van der Waals surface area (Å²) in [5.41, 5.74) is -1.22. The predicted octanol–water partition coefficient (Wildman–Crippen LogP) is -0.449. The molecule has 1 fully saturated rings. The Hall–Kier alpha value is -2.01. The number of thioether (sulfide) groups is 2. The number of hydrogen-bond donors (Lipinski definition) is 2. The zero-order valence-electron chi connectivity index (χ0n) is 12.1. The van der Waals surface area contributed by atoms with Gasteiger partial charge in [0.25, 0.3) is 0 Å². The van der Waals surface area contributed by atoms with Crippen LogP contribution in [0.4, 0.5) is 0 Å². The molecular weight excluding hydrogens is 344 g/mol. The number of amides is 1. The van der Waals surface area contributed by atoms with Crippen LogP contribution in [0, 0.1) is 0 Å². The Kier molecular flexibility index (Phi) is 3.84. The molecule has 3 heterocycles. The molecule has 1 aromatic heterocycles. The van der Waals surface area contributed by atoms with Gasteiger partial charge in [-0.25, -0.2) is 4.79 Å². The largest absolute Gasteiger partial charge is 0.477 e. The summed E-state index contributed by atoms with van der Waals surface area (Å²) >= 11 is 2.60. The number of nitrogens with one attached hydrogen (secondary N) is 1. The second-order valence-electron chi connectivity index (χ2n) is 5.04. The molecule has 0 aliphatic carbocycles. The van der Waals surface area contributed by atoms with E-state index in [1.165, 1.54) is 33.1 Å². The Morgan fingerprint density at radius 1 is 1.43 bits per heavy atom. The van der Waals surface area contributed by atoms with Gasteiger partial charge in [0.1, 0.15) is 5.70 Å². The average molecular weight is 356 g/mol. The highest BCUT2D eigenvalue weighted by Gasteiger charge is 2.47. The number of β-lactam (4-membered cyclic amide) rings is 1. The number of aromatic nitrogens is 3. The van der Waals surface area contributed by atoms with Gasteiger partial charge in [-0.3, -0.25) is 29.1 Å². The third-order valence-corrected chi connectivity index (χ3v) is 6.58. The molecule has 1 aromatic rings. The van der Waals surface area contributed by atoms with Crippen LogP contribution in [0.25, 0.3) is 0 Å². The molecule has 23 heavy (non-hydrogen) atoms. The van der Waals surface area contributed by atoms with Crippen LogP contribution in [-0.2, 0) is 16.6 Å². The molecule has 2 unspecified atom stereocenters. The van der Waals surface area contributed by atoms with E-state index in [0.717, 1.165) is 0 Å². The second-order valence-corrected chi connectivity index (χ2v) is 7.70. The van der Waals surface area contributed by atoms with Crippen molar-refractivity contribution in [3.63, 3.8) is 0 Å². The van der Waals surface area contributed by atoms with Crippen LogP contribution in [0.5, 0.6) is 0 Å². The van der Waals surface area contributed by atoms with Crippen molar-refractivity contribution >= 4 is 35.4 Å². The summed E-state index contributed by atoms with van der Waals surface area (Å²) < 4.78 is 1.00. The lowest BCUT2D eigenvalue weighted by Crippen LogP contribution is -2.54. The molecule has 122 valence electrons. The van der Waals surface area contributed by atoms with E-state index >= 15 is 0 Å². The highest BCUT2D eigenvalue weighted by Crippen LogP contribution is 2.48. The standard InChI is InChI=1S/C12H12N4O5S2/c1-4-7(10(20)21)16-5(17)3-6(16)22-11(4)23-12-13-8(18)9(19)14-15(12)2/h6,11H,3H2,1-2H3,(H,14,19)(H,20,21). The zero-order valence-corrected chi connectivity index (χ0v) is 13.7. The molecule has 2 aliphatic rings. The summed E-state index contributed by atoms with van der Waals surface area (Å²) in [7, 11) is 1.54. The van der Waals surface area contributed by atoms with E-state index in [1.54, 1.807) is 14.0 Å². The van der Waals surface area contributed by atoms with Crippen LogP contribution in [0.3, 0.4) is 0 Å². The highest BCUT2D eigenvalue weighted by atomic mass is 32.2. The van der Waals surface area contributed by atoms with E-state index < -0.39 is 17.1 Å². The number of carboxylic acid groups (broad SMARTS) is 1. The van der Waals surface area contributed by atoms with Crippen LogP contribution < -0.4 is 11.1 Å². The molecule has 2 N–H and O–H groups in total. The van der Waals surface area contributed by atoms with Gasteiger partial charge in [0, 0.05) is 7.05 Å². The van der Waals surface area contributed by atoms with E-state index in [2.05, 4.69) is 10.1 Å². The van der Waals surface area contributed by atoms with Crippen molar-refractivity contribution in [2.24, 2.45) is 7.05 Å². The number of aliphatic carboxylic acids is 1. The van der Waals surface area contributed by atoms with Gasteiger partial charge in [0.2, 0.25) is 5.91 Å². The highest BCUT2D eigenvalue weighted by molar-refractivity contribution is 8.17. The summed E-state index contributed by atoms with van der Waals surface area (Å²) in [5, 5.41) is 11.8. The van der Waals surface area contributed by atoms with E-state index in [1.807, 2.05) is 0 Å². The smallest absolute Gasteiger partial charge is 0.352 e. The van der Waals surface area contributed by atoms with Crippen LogP contribution >= 0.6 is 23.5 Å². The Morgan fingerprint density at radius 2 is 2.13 bits per heavy atom. The number of carbonyl (C=O) groups excluding carboxylic acids is 1. The monoisotopic (exact) mass is 356 g/mol. The maximum absolute atomic E-state index is 11.6. The van der Waals surface area contributed by atoms with Crippen molar-refractivity contribution in [2.75, 3.05) is 0 Å². The first-order valence-corrected chi connectivity index (χ1v) is 8.37. The molecule has 0 bridgehead atoms. The van der Waals surface area contributed by atoms with E-state index in [-0.39, 0.29) is 33.1 Å². The van der Waals surface area contributed by atoms with Crippen molar-refractivity contribution in [3.8, 4) is 0 Å². The van der Waals surface area contributed by atoms with Gasteiger partial charge in [-0.1, -0.05) is 11.8 Å². The minimum atomic E-state index is -1.16. The fourth-order valence-electron chi connectivity index (χ4n) is 2.36. The lowest BCUT2D eigenvalue weighted by molar-refractivity contribution is -0.146.